The summed E-state index contributed by atoms with van der Waals surface area (Å²) in [7, 11) is 0. The van der Waals surface area contributed by atoms with E-state index in [1.165, 1.54) is 24.3 Å². The van der Waals surface area contributed by atoms with Gasteiger partial charge in [0.2, 0.25) is 0 Å². The highest BCUT2D eigenvalue weighted by molar-refractivity contribution is 9.10. The Balaban J connectivity index is 2.25. The number of nitrogens with two attached hydrogens (primary N) is 1. The average molecular weight is 325 g/mol. The van der Waals surface area contributed by atoms with Crippen molar-refractivity contribution >= 4 is 33.2 Å². The number of amides is 1. The van der Waals surface area contributed by atoms with Crippen LogP contribution in [0.15, 0.2) is 40.9 Å². The first kappa shape index (κ1) is 13.4. The number of rotatable bonds is 2. The minimum atomic E-state index is -0.497. The number of hydrogen-bond acceptors (Lipinski definition) is 3. The van der Waals surface area contributed by atoms with Crippen molar-refractivity contribution in [2.45, 2.75) is 0 Å². The Morgan fingerprint density at radius 1 is 1.26 bits per heavy atom. The van der Waals surface area contributed by atoms with Crippen LogP contribution < -0.4 is 11.1 Å². The van der Waals surface area contributed by atoms with Crippen LogP contribution in [0.2, 0.25) is 0 Å². The number of hydrogen-bond donors (Lipinski definition) is 3. The third-order valence-electron chi connectivity index (χ3n) is 2.47. The summed E-state index contributed by atoms with van der Waals surface area (Å²) in [6.45, 7) is 0. The fourth-order valence-corrected chi connectivity index (χ4v) is 1.73. The minimum Gasteiger partial charge on any atom is -0.507 e. The van der Waals surface area contributed by atoms with Crippen LogP contribution in [0.4, 0.5) is 15.8 Å². The highest BCUT2D eigenvalue weighted by Crippen LogP contribution is 2.25. The van der Waals surface area contributed by atoms with E-state index in [0.717, 1.165) is 6.07 Å². The van der Waals surface area contributed by atoms with Crippen molar-refractivity contribution < 1.29 is 14.3 Å². The van der Waals surface area contributed by atoms with Crippen molar-refractivity contribution in [3.05, 3.63) is 52.3 Å². The molecule has 1 amide bonds. The normalized spacial score (nSPS) is 10.2. The van der Waals surface area contributed by atoms with E-state index in [2.05, 4.69) is 21.2 Å². The molecule has 0 fully saturated rings. The molecule has 0 saturated heterocycles. The van der Waals surface area contributed by atoms with Gasteiger partial charge in [-0.15, -0.1) is 0 Å². The molecule has 0 aliphatic rings. The molecule has 4 N–H and O–H groups in total. The molecule has 0 aromatic heterocycles. The van der Waals surface area contributed by atoms with Gasteiger partial charge in [-0.05, 0) is 52.3 Å². The van der Waals surface area contributed by atoms with Gasteiger partial charge in [0.15, 0.2) is 0 Å². The first-order chi connectivity index (χ1) is 8.97. The van der Waals surface area contributed by atoms with Gasteiger partial charge in [-0.1, -0.05) is 0 Å². The van der Waals surface area contributed by atoms with Crippen molar-refractivity contribution in [1.82, 2.24) is 0 Å². The lowest BCUT2D eigenvalue weighted by molar-refractivity contribution is 0.102. The average Bonchev–Trinajstić information content (AvgIpc) is 2.37. The number of phenols is 1. The SMILES string of the molecule is Nc1ccc(F)cc1NC(=O)c1ccc(Br)c(O)c1. The maximum absolute atomic E-state index is 13.1. The predicted molar refractivity (Wildman–Crippen MR) is 74.6 cm³/mol. The summed E-state index contributed by atoms with van der Waals surface area (Å²) in [6, 6.07) is 8.06. The molecule has 2 rings (SSSR count). The number of anilines is 2. The second-order valence-electron chi connectivity index (χ2n) is 3.85. The maximum atomic E-state index is 13.1. The highest BCUT2D eigenvalue weighted by Gasteiger charge is 2.10. The Labute approximate surface area is 117 Å². The molecule has 98 valence electrons. The molecule has 0 aliphatic carbocycles. The summed E-state index contributed by atoms with van der Waals surface area (Å²) in [5.74, 6) is -1.04. The third-order valence-corrected chi connectivity index (χ3v) is 3.14. The number of carbonyl (C=O) groups excluding carboxylic acids is 1. The number of nitrogen functional groups attached to an aromatic ring is 1. The number of benzene rings is 2. The minimum absolute atomic E-state index is 0.0557. The molecule has 4 nitrogen and oxygen atoms in total. The van der Waals surface area contributed by atoms with Crippen LogP contribution in [0.1, 0.15) is 10.4 Å². The molecule has 0 radical (unpaired) electrons. The molecule has 0 atom stereocenters. The van der Waals surface area contributed by atoms with E-state index < -0.39 is 11.7 Å². The van der Waals surface area contributed by atoms with Gasteiger partial charge in [-0.3, -0.25) is 4.79 Å². The van der Waals surface area contributed by atoms with Crippen LogP contribution in [0.3, 0.4) is 0 Å². The zero-order chi connectivity index (χ0) is 14.0. The number of aromatic hydroxyl groups is 1. The Hall–Kier alpha value is -2.08. The van der Waals surface area contributed by atoms with Gasteiger partial charge >= 0.3 is 0 Å². The molecular weight excluding hydrogens is 315 g/mol. The van der Waals surface area contributed by atoms with Crippen LogP contribution >= 0.6 is 15.9 Å². The Morgan fingerprint density at radius 3 is 2.68 bits per heavy atom. The summed E-state index contributed by atoms with van der Waals surface area (Å²) >= 11 is 3.12. The molecule has 0 saturated carbocycles. The summed E-state index contributed by atoms with van der Waals surface area (Å²) in [5.41, 5.74) is 6.32. The third kappa shape index (κ3) is 3.03. The second kappa shape index (κ2) is 5.27. The highest BCUT2D eigenvalue weighted by atomic mass is 79.9. The van der Waals surface area contributed by atoms with Crippen LogP contribution in [0.5, 0.6) is 5.75 Å². The molecule has 19 heavy (non-hydrogen) atoms. The predicted octanol–water partition coefficient (Wildman–Crippen LogP) is 3.13. The van der Waals surface area contributed by atoms with Gasteiger partial charge in [-0.2, -0.15) is 0 Å². The monoisotopic (exact) mass is 324 g/mol. The molecular formula is C13H10BrFN2O2. The second-order valence-corrected chi connectivity index (χ2v) is 4.71. The lowest BCUT2D eigenvalue weighted by Crippen LogP contribution is -2.13. The van der Waals surface area contributed by atoms with E-state index in [4.69, 9.17) is 5.73 Å². The standard InChI is InChI=1S/C13H10BrFN2O2/c14-9-3-1-7(5-12(9)18)13(19)17-11-6-8(15)2-4-10(11)16/h1-6,18H,16H2,(H,17,19). The molecule has 2 aromatic carbocycles. The van der Waals surface area contributed by atoms with Crippen molar-refractivity contribution in [2.24, 2.45) is 0 Å². The van der Waals surface area contributed by atoms with Gasteiger partial charge < -0.3 is 16.2 Å². The van der Waals surface area contributed by atoms with Crippen molar-refractivity contribution in [2.75, 3.05) is 11.1 Å². The lowest BCUT2D eigenvalue weighted by Gasteiger charge is -2.08. The van der Waals surface area contributed by atoms with Crippen molar-refractivity contribution in [3.63, 3.8) is 0 Å². The molecule has 0 unspecified atom stereocenters. The topological polar surface area (TPSA) is 75.3 Å². The van der Waals surface area contributed by atoms with Gasteiger partial charge in [0, 0.05) is 5.56 Å². The van der Waals surface area contributed by atoms with E-state index in [-0.39, 0.29) is 22.7 Å². The van der Waals surface area contributed by atoms with Gasteiger partial charge in [0.1, 0.15) is 11.6 Å². The Bertz CT molecular complexity index is 647. The first-order valence-corrected chi connectivity index (χ1v) is 6.11. The molecule has 0 heterocycles. The van der Waals surface area contributed by atoms with Crippen LogP contribution in [-0.4, -0.2) is 11.0 Å². The largest absolute Gasteiger partial charge is 0.507 e. The van der Waals surface area contributed by atoms with E-state index in [0.29, 0.717) is 4.47 Å². The first-order valence-electron chi connectivity index (χ1n) is 5.32. The van der Waals surface area contributed by atoms with Gasteiger partial charge in [0.25, 0.3) is 5.91 Å². The summed E-state index contributed by atoms with van der Waals surface area (Å²) in [5, 5.41) is 12.0. The van der Waals surface area contributed by atoms with Gasteiger partial charge in [-0.25, -0.2) is 4.39 Å². The Kier molecular flexibility index (Phi) is 3.71. The number of nitrogens with one attached hydrogen (secondary N) is 1. The fourth-order valence-electron chi connectivity index (χ4n) is 1.49. The quantitative estimate of drug-likeness (QED) is 0.743. The zero-order valence-electron chi connectivity index (χ0n) is 9.65. The molecule has 0 bridgehead atoms. The Morgan fingerprint density at radius 2 is 2.00 bits per heavy atom. The lowest BCUT2D eigenvalue weighted by atomic mass is 10.2. The molecule has 2 aromatic rings. The summed E-state index contributed by atoms with van der Waals surface area (Å²) < 4.78 is 13.5. The summed E-state index contributed by atoms with van der Waals surface area (Å²) in [4.78, 5) is 11.9. The molecule has 0 spiro atoms. The van der Waals surface area contributed by atoms with Crippen LogP contribution in [-0.2, 0) is 0 Å². The van der Waals surface area contributed by atoms with E-state index in [9.17, 15) is 14.3 Å². The van der Waals surface area contributed by atoms with Crippen LogP contribution in [0.25, 0.3) is 0 Å². The molecule has 6 heteroatoms. The van der Waals surface area contributed by atoms with E-state index in [1.807, 2.05) is 0 Å². The van der Waals surface area contributed by atoms with Crippen molar-refractivity contribution in [1.29, 1.82) is 0 Å². The smallest absolute Gasteiger partial charge is 0.255 e. The van der Waals surface area contributed by atoms with Crippen LogP contribution in [0, 0.1) is 5.82 Å². The number of halogens is 2. The van der Waals surface area contributed by atoms with E-state index in [1.54, 1.807) is 6.07 Å². The fraction of sp³-hybridized carbons (Fsp3) is 0. The van der Waals surface area contributed by atoms with Crippen molar-refractivity contribution in [3.8, 4) is 5.75 Å². The number of phenolic OH excluding ortho intramolecular Hbond substituents is 1. The molecule has 0 aliphatic heterocycles. The zero-order valence-corrected chi connectivity index (χ0v) is 11.2. The maximum Gasteiger partial charge on any atom is 0.255 e. The van der Waals surface area contributed by atoms with E-state index >= 15 is 0 Å². The number of carbonyl (C=O) groups is 1. The summed E-state index contributed by atoms with van der Waals surface area (Å²) in [6.07, 6.45) is 0. The van der Waals surface area contributed by atoms with Gasteiger partial charge in [0.05, 0.1) is 15.8 Å².